The summed E-state index contributed by atoms with van der Waals surface area (Å²) in [7, 11) is 0. The van der Waals surface area contributed by atoms with Gasteiger partial charge in [-0.25, -0.2) is 0 Å². The summed E-state index contributed by atoms with van der Waals surface area (Å²) in [5.74, 6) is 0. The lowest BCUT2D eigenvalue weighted by Crippen LogP contribution is -2.41. The predicted octanol–water partition coefficient (Wildman–Crippen LogP) is 2.86. The van der Waals surface area contributed by atoms with Gasteiger partial charge in [0.25, 0.3) is 0 Å². The molecule has 1 heterocycles. The monoisotopic (exact) mass is 289 g/mol. The summed E-state index contributed by atoms with van der Waals surface area (Å²) in [5.41, 5.74) is 0. The topological polar surface area (TPSA) is 23.5 Å². The van der Waals surface area contributed by atoms with Crippen molar-refractivity contribution in [1.29, 1.82) is 0 Å². The maximum atomic E-state index is 9.04. The van der Waals surface area contributed by atoms with Crippen LogP contribution in [-0.2, 0) is 6.54 Å². The highest BCUT2D eigenvalue weighted by Gasteiger charge is 2.24. The zero-order valence-corrected chi connectivity index (χ0v) is 11.1. The average molecular weight is 290 g/mol. The number of rotatable bonds is 5. The van der Waals surface area contributed by atoms with E-state index in [-0.39, 0.29) is 6.61 Å². The lowest BCUT2D eigenvalue weighted by molar-refractivity contribution is 0.0955. The van der Waals surface area contributed by atoms with Crippen molar-refractivity contribution >= 4 is 27.3 Å². The summed E-state index contributed by atoms with van der Waals surface area (Å²) in [5, 5.41) is 9.04. The molecule has 0 spiro atoms. The summed E-state index contributed by atoms with van der Waals surface area (Å²) in [6.07, 6.45) is 3.94. The van der Waals surface area contributed by atoms with Crippen LogP contribution in [0.4, 0.5) is 0 Å². The van der Waals surface area contributed by atoms with Gasteiger partial charge in [-0.15, -0.1) is 11.3 Å². The second-order valence-corrected chi connectivity index (χ2v) is 6.53. The maximum absolute atomic E-state index is 9.04. The Balaban J connectivity index is 1.93. The largest absolute Gasteiger partial charge is 0.395 e. The Labute approximate surface area is 103 Å². The van der Waals surface area contributed by atoms with E-state index in [0.717, 1.165) is 13.1 Å². The van der Waals surface area contributed by atoms with E-state index in [1.807, 2.05) is 0 Å². The molecule has 2 nitrogen and oxygen atoms in total. The Morgan fingerprint density at radius 2 is 2.27 bits per heavy atom. The molecule has 1 saturated carbocycles. The number of halogens is 1. The molecule has 1 aliphatic carbocycles. The van der Waals surface area contributed by atoms with Crippen LogP contribution in [0.3, 0.4) is 0 Å². The first-order valence-corrected chi connectivity index (χ1v) is 6.99. The number of hydrogen-bond acceptors (Lipinski definition) is 3. The maximum Gasteiger partial charge on any atom is 0.0701 e. The fourth-order valence-electron chi connectivity index (χ4n) is 1.91. The molecule has 15 heavy (non-hydrogen) atoms. The molecule has 84 valence electrons. The second kappa shape index (κ2) is 5.43. The molecule has 1 aromatic heterocycles. The minimum atomic E-state index is 0.267. The Bertz CT molecular complexity index is 311. The van der Waals surface area contributed by atoms with Crippen LogP contribution in [0.1, 0.15) is 24.1 Å². The Morgan fingerprint density at radius 3 is 2.73 bits per heavy atom. The first kappa shape index (κ1) is 11.6. The van der Waals surface area contributed by atoms with E-state index < -0.39 is 0 Å². The van der Waals surface area contributed by atoms with Gasteiger partial charge in [-0.2, -0.15) is 0 Å². The van der Waals surface area contributed by atoms with E-state index in [0.29, 0.717) is 6.04 Å². The smallest absolute Gasteiger partial charge is 0.0701 e. The summed E-state index contributed by atoms with van der Waals surface area (Å²) >= 11 is 5.27. The number of aliphatic hydroxyl groups is 1. The van der Waals surface area contributed by atoms with Crippen LogP contribution in [0.5, 0.6) is 0 Å². The highest BCUT2D eigenvalue weighted by atomic mass is 79.9. The van der Waals surface area contributed by atoms with Crippen LogP contribution >= 0.6 is 27.3 Å². The van der Waals surface area contributed by atoms with Crippen molar-refractivity contribution < 1.29 is 5.11 Å². The molecule has 0 atom stereocenters. The van der Waals surface area contributed by atoms with Gasteiger partial charge in [0.1, 0.15) is 0 Å². The molecule has 0 aromatic carbocycles. The van der Waals surface area contributed by atoms with Crippen LogP contribution in [0.2, 0.25) is 0 Å². The number of hydrogen-bond donors (Lipinski definition) is 1. The fourth-order valence-corrected chi connectivity index (χ4v) is 3.42. The predicted molar refractivity (Wildman–Crippen MR) is 67.2 cm³/mol. The van der Waals surface area contributed by atoms with E-state index in [4.69, 9.17) is 5.11 Å². The van der Waals surface area contributed by atoms with E-state index in [2.05, 4.69) is 33.0 Å². The highest BCUT2D eigenvalue weighted by molar-refractivity contribution is 9.11. The zero-order chi connectivity index (χ0) is 10.7. The lowest BCUT2D eigenvalue weighted by atomic mass is 9.91. The number of thiophene rings is 1. The van der Waals surface area contributed by atoms with E-state index in [9.17, 15) is 0 Å². The summed E-state index contributed by atoms with van der Waals surface area (Å²) < 4.78 is 1.19. The third kappa shape index (κ3) is 3.03. The standard InChI is InChI=1S/C11H16BrNOS/c12-11-5-4-10(15-11)8-13(6-7-14)9-2-1-3-9/h4-5,9,14H,1-3,6-8H2. The van der Waals surface area contributed by atoms with Crippen molar-refractivity contribution in [2.75, 3.05) is 13.2 Å². The van der Waals surface area contributed by atoms with Crippen LogP contribution in [-0.4, -0.2) is 29.2 Å². The second-order valence-electron chi connectivity index (χ2n) is 3.98. The molecule has 4 heteroatoms. The van der Waals surface area contributed by atoms with Gasteiger partial charge < -0.3 is 5.11 Å². The quantitative estimate of drug-likeness (QED) is 0.901. The van der Waals surface area contributed by atoms with Crippen molar-refractivity contribution in [3.05, 3.63) is 20.8 Å². The number of aliphatic hydroxyl groups excluding tert-OH is 1. The summed E-state index contributed by atoms with van der Waals surface area (Å²) in [6.45, 7) is 2.06. The zero-order valence-electron chi connectivity index (χ0n) is 8.66. The third-order valence-corrected chi connectivity index (χ3v) is 4.57. The molecule has 0 aliphatic heterocycles. The molecule has 0 bridgehead atoms. The fraction of sp³-hybridized carbons (Fsp3) is 0.636. The third-order valence-electron chi connectivity index (χ3n) is 2.97. The van der Waals surface area contributed by atoms with Gasteiger partial charge in [0.05, 0.1) is 10.4 Å². The molecule has 1 N–H and O–H groups in total. The van der Waals surface area contributed by atoms with Crippen LogP contribution in [0, 0.1) is 0 Å². The summed E-state index contributed by atoms with van der Waals surface area (Å²) in [4.78, 5) is 3.78. The van der Waals surface area contributed by atoms with Gasteiger partial charge in [0, 0.05) is 24.0 Å². The van der Waals surface area contributed by atoms with E-state index in [1.165, 1.54) is 27.9 Å². The molecule has 0 amide bonds. The van der Waals surface area contributed by atoms with Gasteiger partial charge in [-0.3, -0.25) is 4.90 Å². The highest BCUT2D eigenvalue weighted by Crippen LogP contribution is 2.28. The first-order valence-electron chi connectivity index (χ1n) is 5.38. The van der Waals surface area contributed by atoms with Gasteiger partial charge in [-0.1, -0.05) is 6.42 Å². The Hall–Kier alpha value is 0.1000. The molecular weight excluding hydrogens is 274 g/mol. The molecule has 2 rings (SSSR count). The van der Waals surface area contributed by atoms with Crippen molar-refractivity contribution in [1.82, 2.24) is 4.90 Å². The molecule has 1 aromatic rings. The van der Waals surface area contributed by atoms with E-state index >= 15 is 0 Å². The molecule has 1 aliphatic rings. The van der Waals surface area contributed by atoms with Crippen molar-refractivity contribution in [2.45, 2.75) is 31.8 Å². The molecule has 1 fully saturated rings. The minimum Gasteiger partial charge on any atom is -0.395 e. The Morgan fingerprint density at radius 1 is 1.47 bits per heavy atom. The summed E-state index contributed by atoms with van der Waals surface area (Å²) in [6, 6.07) is 4.97. The van der Waals surface area contributed by atoms with Crippen molar-refractivity contribution in [2.24, 2.45) is 0 Å². The van der Waals surface area contributed by atoms with Crippen molar-refractivity contribution in [3.8, 4) is 0 Å². The van der Waals surface area contributed by atoms with Crippen LogP contribution in [0.25, 0.3) is 0 Å². The minimum absolute atomic E-state index is 0.267. The van der Waals surface area contributed by atoms with Gasteiger partial charge in [0.2, 0.25) is 0 Å². The van der Waals surface area contributed by atoms with Crippen LogP contribution < -0.4 is 0 Å². The average Bonchev–Trinajstić information content (AvgIpc) is 2.48. The van der Waals surface area contributed by atoms with Crippen molar-refractivity contribution in [3.63, 3.8) is 0 Å². The Kier molecular flexibility index (Phi) is 4.20. The number of nitrogens with zero attached hydrogens (tertiary/aromatic N) is 1. The lowest BCUT2D eigenvalue weighted by Gasteiger charge is -2.36. The van der Waals surface area contributed by atoms with E-state index in [1.54, 1.807) is 11.3 Å². The van der Waals surface area contributed by atoms with Crippen LogP contribution in [0.15, 0.2) is 15.9 Å². The SMILES string of the molecule is OCCN(Cc1ccc(Br)s1)C1CCC1. The van der Waals surface area contributed by atoms with Gasteiger partial charge in [0.15, 0.2) is 0 Å². The molecule has 0 radical (unpaired) electrons. The molecular formula is C11H16BrNOS. The van der Waals surface area contributed by atoms with Gasteiger partial charge in [-0.05, 0) is 40.9 Å². The first-order chi connectivity index (χ1) is 7.29. The molecule has 0 saturated heterocycles. The molecule has 0 unspecified atom stereocenters. The normalized spacial score (nSPS) is 17.0. The van der Waals surface area contributed by atoms with Gasteiger partial charge >= 0.3 is 0 Å².